The predicted octanol–water partition coefficient (Wildman–Crippen LogP) is 3.98. The van der Waals surface area contributed by atoms with E-state index in [0.717, 1.165) is 18.6 Å². The lowest BCUT2D eigenvalue weighted by Crippen LogP contribution is -2.04. The summed E-state index contributed by atoms with van der Waals surface area (Å²) >= 11 is 0. The van der Waals surface area contributed by atoms with Gasteiger partial charge in [-0.05, 0) is 55.4 Å². The maximum atomic E-state index is 5.65. The fourth-order valence-electron chi connectivity index (χ4n) is 2.78. The Bertz CT molecular complexity index is 425. The molecular weight excluding hydrogens is 224 g/mol. The van der Waals surface area contributed by atoms with Crippen LogP contribution in [-0.2, 0) is 4.74 Å². The Morgan fingerprint density at radius 2 is 1.94 bits per heavy atom. The molecule has 1 saturated heterocycles. The Morgan fingerprint density at radius 3 is 2.50 bits per heavy atom. The largest absolute Gasteiger partial charge is 0.496 e. The van der Waals surface area contributed by atoms with Crippen LogP contribution in [-0.4, -0.2) is 19.3 Å². The molecule has 0 saturated carbocycles. The van der Waals surface area contributed by atoms with Crippen molar-refractivity contribution >= 4 is 0 Å². The predicted molar refractivity (Wildman–Crippen MR) is 74.5 cm³/mol. The van der Waals surface area contributed by atoms with Crippen molar-refractivity contribution in [2.45, 2.75) is 58.7 Å². The van der Waals surface area contributed by atoms with E-state index in [1.165, 1.54) is 16.7 Å². The summed E-state index contributed by atoms with van der Waals surface area (Å²) < 4.78 is 11.0. The molecule has 1 heterocycles. The van der Waals surface area contributed by atoms with E-state index >= 15 is 0 Å². The van der Waals surface area contributed by atoms with Crippen molar-refractivity contribution in [2.24, 2.45) is 0 Å². The standard InChI is InChI=1S/C16H24O2/c1-6-14-16(18-14)9-11(3)13-7-12(4)15(17-5)8-10(13)2/h7-8,11,14,16H,6,9H2,1-5H3. The third-order valence-corrected chi connectivity index (χ3v) is 3.99. The van der Waals surface area contributed by atoms with Gasteiger partial charge in [-0.25, -0.2) is 0 Å². The molecule has 1 aromatic rings. The van der Waals surface area contributed by atoms with Crippen LogP contribution >= 0.6 is 0 Å². The van der Waals surface area contributed by atoms with Crippen molar-refractivity contribution in [3.05, 3.63) is 28.8 Å². The van der Waals surface area contributed by atoms with Gasteiger partial charge in [0, 0.05) is 0 Å². The third-order valence-electron chi connectivity index (χ3n) is 3.99. The third kappa shape index (κ3) is 2.69. The van der Waals surface area contributed by atoms with Crippen LogP contribution in [0.15, 0.2) is 12.1 Å². The summed E-state index contributed by atoms with van der Waals surface area (Å²) in [7, 11) is 1.73. The van der Waals surface area contributed by atoms with Crippen molar-refractivity contribution in [3.8, 4) is 5.75 Å². The highest BCUT2D eigenvalue weighted by molar-refractivity contribution is 5.43. The molecule has 0 aliphatic carbocycles. The zero-order chi connectivity index (χ0) is 13.3. The number of epoxide rings is 1. The number of rotatable bonds is 5. The number of methoxy groups -OCH3 is 1. The summed E-state index contributed by atoms with van der Waals surface area (Å²) in [6.45, 7) is 8.76. The van der Waals surface area contributed by atoms with Crippen LogP contribution in [0.1, 0.15) is 49.3 Å². The lowest BCUT2D eigenvalue weighted by molar-refractivity contribution is 0.352. The Kier molecular flexibility index (Phi) is 3.96. The first-order valence-corrected chi connectivity index (χ1v) is 6.87. The van der Waals surface area contributed by atoms with Gasteiger partial charge in [0.05, 0.1) is 19.3 Å². The maximum absolute atomic E-state index is 5.65. The highest BCUT2D eigenvalue weighted by Gasteiger charge is 2.38. The van der Waals surface area contributed by atoms with Gasteiger partial charge in [0.2, 0.25) is 0 Å². The molecule has 0 radical (unpaired) electrons. The minimum atomic E-state index is 0.479. The summed E-state index contributed by atoms with van der Waals surface area (Å²) in [5.41, 5.74) is 3.96. The average molecular weight is 248 g/mol. The Hall–Kier alpha value is -1.02. The molecular formula is C16H24O2. The van der Waals surface area contributed by atoms with Gasteiger partial charge in [0.15, 0.2) is 0 Å². The molecule has 0 spiro atoms. The zero-order valence-electron chi connectivity index (χ0n) is 12.1. The molecule has 0 N–H and O–H groups in total. The molecule has 2 nitrogen and oxygen atoms in total. The first-order chi connectivity index (χ1) is 8.56. The highest BCUT2D eigenvalue weighted by atomic mass is 16.6. The van der Waals surface area contributed by atoms with Gasteiger partial charge in [-0.3, -0.25) is 0 Å². The van der Waals surface area contributed by atoms with E-state index in [1.54, 1.807) is 7.11 Å². The second-order valence-corrected chi connectivity index (χ2v) is 5.44. The Balaban J connectivity index is 2.10. The Morgan fingerprint density at radius 1 is 1.22 bits per heavy atom. The number of aryl methyl sites for hydroxylation is 2. The van der Waals surface area contributed by atoms with E-state index in [-0.39, 0.29) is 0 Å². The molecule has 18 heavy (non-hydrogen) atoms. The minimum absolute atomic E-state index is 0.479. The van der Waals surface area contributed by atoms with Crippen LogP contribution in [0.4, 0.5) is 0 Å². The van der Waals surface area contributed by atoms with Gasteiger partial charge in [-0.1, -0.05) is 19.9 Å². The van der Waals surface area contributed by atoms with Gasteiger partial charge in [-0.2, -0.15) is 0 Å². The molecule has 0 aromatic heterocycles. The fraction of sp³-hybridized carbons (Fsp3) is 0.625. The molecule has 100 valence electrons. The average Bonchev–Trinajstić information content (AvgIpc) is 3.09. The molecule has 3 atom stereocenters. The van der Waals surface area contributed by atoms with Gasteiger partial charge in [0.25, 0.3) is 0 Å². The van der Waals surface area contributed by atoms with Crippen molar-refractivity contribution in [1.29, 1.82) is 0 Å². The topological polar surface area (TPSA) is 21.8 Å². The van der Waals surface area contributed by atoms with E-state index in [2.05, 4.69) is 39.8 Å². The van der Waals surface area contributed by atoms with Crippen molar-refractivity contribution in [2.75, 3.05) is 7.11 Å². The molecule has 1 aromatic carbocycles. The molecule has 1 aliphatic rings. The van der Waals surface area contributed by atoms with Gasteiger partial charge in [-0.15, -0.1) is 0 Å². The van der Waals surface area contributed by atoms with Crippen LogP contribution in [0.25, 0.3) is 0 Å². The van der Waals surface area contributed by atoms with Crippen molar-refractivity contribution in [1.82, 2.24) is 0 Å². The van der Waals surface area contributed by atoms with Crippen LogP contribution in [0.3, 0.4) is 0 Å². The maximum Gasteiger partial charge on any atom is 0.122 e. The van der Waals surface area contributed by atoms with E-state index in [9.17, 15) is 0 Å². The summed E-state index contributed by atoms with van der Waals surface area (Å²) in [5, 5.41) is 0. The van der Waals surface area contributed by atoms with Crippen LogP contribution in [0, 0.1) is 13.8 Å². The number of hydrogen-bond donors (Lipinski definition) is 0. The van der Waals surface area contributed by atoms with Crippen LogP contribution in [0.5, 0.6) is 5.75 Å². The van der Waals surface area contributed by atoms with E-state index in [4.69, 9.17) is 9.47 Å². The van der Waals surface area contributed by atoms with E-state index < -0.39 is 0 Å². The molecule has 2 heteroatoms. The quantitative estimate of drug-likeness (QED) is 0.735. The zero-order valence-corrected chi connectivity index (χ0v) is 12.1. The Labute approximate surface area is 110 Å². The smallest absolute Gasteiger partial charge is 0.122 e. The molecule has 0 bridgehead atoms. The summed E-state index contributed by atoms with van der Waals surface area (Å²) in [6, 6.07) is 4.41. The van der Waals surface area contributed by atoms with Gasteiger partial charge < -0.3 is 9.47 Å². The molecule has 2 rings (SSSR count). The van der Waals surface area contributed by atoms with Crippen molar-refractivity contribution in [3.63, 3.8) is 0 Å². The molecule has 1 fully saturated rings. The number of ether oxygens (including phenoxy) is 2. The fourth-order valence-corrected chi connectivity index (χ4v) is 2.78. The van der Waals surface area contributed by atoms with Crippen molar-refractivity contribution < 1.29 is 9.47 Å². The molecule has 1 aliphatic heterocycles. The first-order valence-electron chi connectivity index (χ1n) is 6.87. The van der Waals surface area contributed by atoms with Crippen LogP contribution in [0.2, 0.25) is 0 Å². The SMILES string of the molecule is CCC1OC1CC(C)c1cc(C)c(OC)cc1C. The summed E-state index contributed by atoms with van der Waals surface area (Å²) in [4.78, 5) is 0. The summed E-state index contributed by atoms with van der Waals surface area (Å²) in [6.07, 6.45) is 3.25. The normalized spacial score (nSPS) is 23.8. The lowest BCUT2D eigenvalue weighted by Gasteiger charge is -2.16. The number of hydrogen-bond acceptors (Lipinski definition) is 2. The number of benzene rings is 1. The lowest BCUT2D eigenvalue weighted by atomic mass is 9.90. The second-order valence-electron chi connectivity index (χ2n) is 5.44. The van der Waals surface area contributed by atoms with Gasteiger partial charge in [0.1, 0.15) is 5.75 Å². The monoisotopic (exact) mass is 248 g/mol. The van der Waals surface area contributed by atoms with Crippen LogP contribution < -0.4 is 4.74 Å². The van der Waals surface area contributed by atoms with E-state index in [0.29, 0.717) is 18.1 Å². The molecule has 3 unspecified atom stereocenters. The highest BCUT2D eigenvalue weighted by Crippen LogP contribution is 2.36. The summed E-state index contributed by atoms with van der Waals surface area (Å²) in [5.74, 6) is 1.54. The van der Waals surface area contributed by atoms with Gasteiger partial charge >= 0.3 is 0 Å². The first kappa shape index (κ1) is 13.4. The second kappa shape index (κ2) is 5.31. The van der Waals surface area contributed by atoms with E-state index in [1.807, 2.05) is 0 Å². The molecule has 0 amide bonds. The minimum Gasteiger partial charge on any atom is -0.496 e.